The molecule has 0 spiro atoms. The summed E-state index contributed by atoms with van der Waals surface area (Å²) in [7, 11) is 0. The third kappa shape index (κ3) is 2.65. The molecule has 0 saturated heterocycles. The van der Waals surface area contributed by atoms with Gasteiger partial charge in [-0.15, -0.1) is 11.8 Å². The van der Waals surface area contributed by atoms with Crippen LogP contribution < -0.4 is 10.0 Å². The maximum atomic E-state index is 12.1. The molecular weight excluding hydrogens is 270 g/mol. The Labute approximate surface area is 105 Å². The Kier molecular flexibility index (Phi) is 4.96. The van der Waals surface area contributed by atoms with Gasteiger partial charge in [-0.3, -0.25) is 9.59 Å². The van der Waals surface area contributed by atoms with Crippen LogP contribution in [0.1, 0.15) is 0 Å². The third-order valence-electron chi connectivity index (χ3n) is 1.82. The summed E-state index contributed by atoms with van der Waals surface area (Å²) in [6.45, 7) is 0. The Morgan fingerprint density at radius 2 is 2.56 bits per heavy atom. The summed E-state index contributed by atoms with van der Waals surface area (Å²) in [4.78, 5) is 25.1. The van der Waals surface area contributed by atoms with Gasteiger partial charge in [0, 0.05) is 11.9 Å². The number of rotatable bonds is 6. The first-order valence-corrected chi connectivity index (χ1v) is 7.88. The number of nitrogens with zero attached hydrogens (tertiary/aromatic N) is 1. The molecular formula is C7H11N3O3S3. The van der Waals surface area contributed by atoms with Crippen LogP contribution in [0.15, 0.2) is 4.99 Å². The average Bonchev–Trinajstić information content (AvgIpc) is 2.68. The SMILES string of the molecule is CSC(C(=O)C1(NC=O)N=CNS1)[S+](C)[O-]. The fourth-order valence-electron chi connectivity index (χ4n) is 1.14. The number of hydrogen-bond acceptors (Lipinski definition) is 7. The molecule has 3 atom stereocenters. The maximum absolute atomic E-state index is 12.1. The average molecular weight is 281 g/mol. The molecule has 6 nitrogen and oxygen atoms in total. The zero-order valence-electron chi connectivity index (χ0n) is 8.63. The van der Waals surface area contributed by atoms with E-state index in [0.29, 0.717) is 6.41 Å². The topological polar surface area (TPSA) is 93.6 Å². The van der Waals surface area contributed by atoms with Crippen molar-refractivity contribution in [1.82, 2.24) is 10.0 Å². The van der Waals surface area contributed by atoms with E-state index in [9.17, 15) is 14.1 Å². The first kappa shape index (κ1) is 13.7. The van der Waals surface area contributed by atoms with Gasteiger partial charge in [-0.25, -0.2) is 4.99 Å². The molecule has 2 N–H and O–H groups in total. The van der Waals surface area contributed by atoms with Crippen LogP contribution in [0.5, 0.6) is 0 Å². The van der Waals surface area contributed by atoms with E-state index in [1.54, 1.807) is 6.26 Å². The highest BCUT2D eigenvalue weighted by Gasteiger charge is 2.48. The quantitative estimate of drug-likeness (QED) is 0.380. The van der Waals surface area contributed by atoms with Crippen LogP contribution in [0, 0.1) is 0 Å². The lowest BCUT2D eigenvalue weighted by Gasteiger charge is -2.25. The first-order valence-electron chi connectivity index (χ1n) is 4.15. The Morgan fingerprint density at radius 3 is 2.94 bits per heavy atom. The molecule has 0 radical (unpaired) electrons. The molecule has 1 heterocycles. The van der Waals surface area contributed by atoms with Crippen LogP contribution in [0.4, 0.5) is 0 Å². The highest BCUT2D eigenvalue weighted by atomic mass is 32.3. The van der Waals surface area contributed by atoms with Gasteiger partial charge in [-0.05, 0) is 17.4 Å². The number of carbonyl (C=O) groups is 2. The molecule has 1 aliphatic heterocycles. The van der Waals surface area contributed by atoms with Gasteiger partial charge in [0.15, 0.2) is 0 Å². The molecule has 0 fully saturated rings. The van der Waals surface area contributed by atoms with E-state index in [1.165, 1.54) is 24.4 Å². The van der Waals surface area contributed by atoms with Gasteiger partial charge < -0.3 is 14.6 Å². The van der Waals surface area contributed by atoms with Crippen molar-refractivity contribution in [2.45, 2.75) is 9.58 Å². The zero-order valence-corrected chi connectivity index (χ0v) is 11.1. The summed E-state index contributed by atoms with van der Waals surface area (Å²) in [5, 5.41) is 2.35. The fourth-order valence-corrected chi connectivity index (χ4v) is 3.94. The number of Topliss-reactive ketones (excluding diaryl/α,β-unsaturated/α-hetero) is 1. The third-order valence-corrected chi connectivity index (χ3v) is 5.62. The fraction of sp³-hybridized carbons (Fsp3) is 0.571. The molecule has 0 saturated carbocycles. The van der Waals surface area contributed by atoms with Crippen LogP contribution >= 0.6 is 23.7 Å². The zero-order chi connectivity index (χ0) is 12.2. The second-order valence-electron chi connectivity index (χ2n) is 2.81. The summed E-state index contributed by atoms with van der Waals surface area (Å²) in [5.74, 6) is -0.390. The van der Waals surface area contributed by atoms with Gasteiger partial charge in [0.1, 0.15) is 0 Å². The van der Waals surface area contributed by atoms with Crippen molar-refractivity contribution in [1.29, 1.82) is 0 Å². The van der Waals surface area contributed by atoms with Crippen LogP contribution in [0.25, 0.3) is 0 Å². The summed E-state index contributed by atoms with van der Waals surface area (Å²) in [6.07, 6.45) is 4.88. The standard InChI is InChI=1S/C7H11N3O3S3/c1-14-6(16(2)13)5(12)7(9-4-11)8-3-10-15-7/h3-4,6H,1-2H3,(H,8,10)(H,9,11). The minimum atomic E-state index is -1.39. The van der Waals surface area contributed by atoms with Gasteiger partial charge in [-0.2, -0.15) is 0 Å². The highest BCUT2D eigenvalue weighted by Crippen LogP contribution is 2.31. The molecule has 0 aromatic rings. The number of aliphatic imine (C=N–C) groups is 1. The molecule has 1 amide bonds. The van der Waals surface area contributed by atoms with Gasteiger partial charge in [0.2, 0.25) is 11.0 Å². The number of ketones is 1. The van der Waals surface area contributed by atoms with E-state index in [1.807, 2.05) is 0 Å². The van der Waals surface area contributed by atoms with E-state index in [0.717, 1.165) is 11.9 Å². The van der Waals surface area contributed by atoms with E-state index in [2.05, 4.69) is 15.0 Å². The summed E-state index contributed by atoms with van der Waals surface area (Å²) < 4.78 is 13.4. The number of thioether (sulfide) groups is 1. The Bertz CT molecular complexity index is 312. The van der Waals surface area contributed by atoms with Crippen molar-refractivity contribution in [3.8, 4) is 0 Å². The number of nitrogens with one attached hydrogen (secondary N) is 2. The lowest BCUT2D eigenvalue weighted by molar-refractivity contribution is -0.122. The summed E-state index contributed by atoms with van der Waals surface area (Å²) in [5.41, 5.74) is 0. The highest BCUT2D eigenvalue weighted by molar-refractivity contribution is 8.14. The lowest BCUT2D eigenvalue weighted by Crippen LogP contribution is -2.51. The molecule has 0 aromatic heterocycles. The monoisotopic (exact) mass is 281 g/mol. The molecule has 0 aromatic carbocycles. The van der Waals surface area contributed by atoms with Crippen molar-refractivity contribution >= 4 is 53.4 Å². The van der Waals surface area contributed by atoms with Crippen molar-refractivity contribution in [2.24, 2.45) is 4.99 Å². The van der Waals surface area contributed by atoms with Crippen LogP contribution in [0.3, 0.4) is 0 Å². The Balaban J connectivity index is 2.90. The minimum absolute atomic E-state index is 0.390. The summed E-state index contributed by atoms with van der Waals surface area (Å²) in [6, 6.07) is 0. The predicted octanol–water partition coefficient (Wildman–Crippen LogP) is -0.697. The van der Waals surface area contributed by atoms with Crippen LogP contribution in [0.2, 0.25) is 0 Å². The first-order chi connectivity index (χ1) is 7.57. The van der Waals surface area contributed by atoms with Gasteiger partial charge in [-0.1, -0.05) is 0 Å². The van der Waals surface area contributed by atoms with Crippen LogP contribution in [-0.2, 0) is 20.8 Å². The Hall–Kier alpha value is -0.380. The van der Waals surface area contributed by atoms with E-state index >= 15 is 0 Å². The molecule has 1 aliphatic rings. The van der Waals surface area contributed by atoms with Crippen molar-refractivity contribution in [3.63, 3.8) is 0 Å². The van der Waals surface area contributed by atoms with E-state index in [-0.39, 0.29) is 5.78 Å². The van der Waals surface area contributed by atoms with E-state index < -0.39 is 20.8 Å². The van der Waals surface area contributed by atoms with Crippen molar-refractivity contribution in [2.75, 3.05) is 12.5 Å². The van der Waals surface area contributed by atoms with Crippen LogP contribution in [-0.4, -0.2) is 45.2 Å². The molecule has 0 aliphatic carbocycles. The lowest BCUT2D eigenvalue weighted by atomic mass is 10.3. The van der Waals surface area contributed by atoms with Crippen molar-refractivity contribution in [3.05, 3.63) is 0 Å². The van der Waals surface area contributed by atoms with E-state index in [4.69, 9.17) is 0 Å². The van der Waals surface area contributed by atoms with Gasteiger partial charge in [0.05, 0.1) is 12.6 Å². The molecule has 9 heteroatoms. The minimum Gasteiger partial charge on any atom is -0.615 e. The van der Waals surface area contributed by atoms with Gasteiger partial charge in [0.25, 0.3) is 10.8 Å². The second kappa shape index (κ2) is 5.80. The van der Waals surface area contributed by atoms with Crippen molar-refractivity contribution < 1.29 is 14.1 Å². The second-order valence-corrected chi connectivity index (χ2v) is 6.56. The number of carbonyl (C=O) groups excluding carboxylic acids is 2. The smallest absolute Gasteiger partial charge is 0.265 e. The largest absolute Gasteiger partial charge is 0.615 e. The number of amides is 1. The molecule has 3 unspecified atom stereocenters. The van der Waals surface area contributed by atoms with Gasteiger partial charge >= 0.3 is 0 Å². The molecule has 1 rings (SSSR count). The molecule has 90 valence electrons. The maximum Gasteiger partial charge on any atom is 0.265 e. The molecule has 16 heavy (non-hydrogen) atoms. The summed E-state index contributed by atoms with van der Waals surface area (Å²) >= 11 is 0.832. The predicted molar refractivity (Wildman–Crippen MR) is 67.5 cm³/mol. The molecule has 0 bridgehead atoms. The normalized spacial score (nSPS) is 26.9. The number of hydrogen-bond donors (Lipinski definition) is 2. The Morgan fingerprint density at radius 1 is 1.88 bits per heavy atom.